The zero-order valence-corrected chi connectivity index (χ0v) is 8.59. The van der Waals surface area contributed by atoms with Crippen LogP contribution in [0.3, 0.4) is 0 Å². The lowest BCUT2D eigenvalue weighted by atomic mass is 9.91. The third kappa shape index (κ3) is 2.41. The molecule has 0 spiro atoms. The average Bonchev–Trinajstić information content (AvgIpc) is 2.29. The lowest BCUT2D eigenvalue weighted by molar-refractivity contribution is -0.124. The van der Waals surface area contributed by atoms with Crippen LogP contribution >= 0.6 is 0 Å². The summed E-state index contributed by atoms with van der Waals surface area (Å²) in [7, 11) is 0. The molecule has 82 valence electrons. The first-order valence-corrected chi connectivity index (χ1v) is 4.86. The molecule has 1 heterocycles. The van der Waals surface area contributed by atoms with Gasteiger partial charge in [-0.05, 0) is 13.0 Å². The Hall–Kier alpha value is -1.25. The Morgan fingerprint density at radius 2 is 2.40 bits per heavy atom. The maximum absolute atomic E-state index is 14.1. The number of hydrogen-bond donors (Lipinski definition) is 2. The Labute approximate surface area is 88.1 Å². The van der Waals surface area contributed by atoms with Gasteiger partial charge in [0.15, 0.2) is 0 Å². The Balaban J connectivity index is 2.83. The second kappa shape index (κ2) is 5.01. The van der Waals surface area contributed by atoms with Gasteiger partial charge in [0.1, 0.15) is 6.07 Å². The topological polar surface area (TPSA) is 64.9 Å². The first kappa shape index (κ1) is 11.8. The number of carbonyl (C=O) groups excluding carboxylic acids is 1. The summed E-state index contributed by atoms with van der Waals surface area (Å²) in [5.41, 5.74) is -2.47. The normalized spacial score (nSPS) is 25.8. The SMILES string of the molecule is C/C=C/C(=O)C(F)(C#N)C1CNCCN1. The molecule has 0 radical (unpaired) electrons. The van der Waals surface area contributed by atoms with Crippen LogP contribution in [0, 0.1) is 11.3 Å². The van der Waals surface area contributed by atoms with Crippen LogP contribution in [0.4, 0.5) is 4.39 Å². The second-order valence-corrected chi connectivity index (χ2v) is 3.40. The van der Waals surface area contributed by atoms with E-state index in [0.717, 1.165) is 12.6 Å². The van der Waals surface area contributed by atoms with Gasteiger partial charge < -0.3 is 10.6 Å². The van der Waals surface area contributed by atoms with Gasteiger partial charge in [0.2, 0.25) is 5.78 Å². The number of halogens is 1. The summed E-state index contributed by atoms with van der Waals surface area (Å²) < 4.78 is 14.1. The van der Waals surface area contributed by atoms with Crippen LogP contribution in [-0.4, -0.2) is 37.1 Å². The molecule has 15 heavy (non-hydrogen) atoms. The maximum Gasteiger partial charge on any atom is 0.273 e. The van der Waals surface area contributed by atoms with E-state index in [-0.39, 0.29) is 6.54 Å². The monoisotopic (exact) mass is 211 g/mol. The highest BCUT2D eigenvalue weighted by atomic mass is 19.1. The van der Waals surface area contributed by atoms with Crippen LogP contribution in [0.15, 0.2) is 12.2 Å². The van der Waals surface area contributed by atoms with E-state index in [4.69, 9.17) is 5.26 Å². The van der Waals surface area contributed by atoms with E-state index in [0.29, 0.717) is 6.54 Å². The molecule has 1 aliphatic rings. The van der Waals surface area contributed by atoms with Crippen molar-refractivity contribution < 1.29 is 9.18 Å². The molecule has 0 amide bonds. The molecular weight excluding hydrogens is 197 g/mol. The summed E-state index contributed by atoms with van der Waals surface area (Å²) in [6.07, 6.45) is 2.53. The summed E-state index contributed by atoms with van der Waals surface area (Å²) in [5, 5.41) is 14.6. The molecule has 5 heteroatoms. The molecule has 1 aliphatic heterocycles. The minimum Gasteiger partial charge on any atom is -0.314 e. The third-order valence-electron chi connectivity index (χ3n) is 2.36. The van der Waals surface area contributed by atoms with Crippen molar-refractivity contribution in [3.63, 3.8) is 0 Å². The highest BCUT2D eigenvalue weighted by molar-refractivity contribution is 6.00. The first-order valence-electron chi connectivity index (χ1n) is 4.86. The minimum atomic E-state index is -2.47. The van der Waals surface area contributed by atoms with Crippen molar-refractivity contribution in [1.82, 2.24) is 10.6 Å². The average molecular weight is 211 g/mol. The van der Waals surface area contributed by atoms with Crippen molar-refractivity contribution in [3.8, 4) is 6.07 Å². The number of rotatable bonds is 3. The lowest BCUT2D eigenvalue weighted by Crippen LogP contribution is -2.60. The van der Waals surface area contributed by atoms with Crippen LogP contribution in [0.25, 0.3) is 0 Å². The van der Waals surface area contributed by atoms with Gasteiger partial charge in [-0.3, -0.25) is 4.79 Å². The van der Waals surface area contributed by atoms with Crippen molar-refractivity contribution in [2.75, 3.05) is 19.6 Å². The number of nitrogens with one attached hydrogen (secondary N) is 2. The van der Waals surface area contributed by atoms with E-state index < -0.39 is 17.5 Å². The van der Waals surface area contributed by atoms with Gasteiger partial charge in [-0.2, -0.15) is 5.26 Å². The number of carbonyl (C=O) groups is 1. The summed E-state index contributed by atoms with van der Waals surface area (Å²) in [4.78, 5) is 11.4. The molecular formula is C10H14FN3O. The van der Waals surface area contributed by atoms with E-state index in [2.05, 4.69) is 10.6 Å². The highest BCUT2D eigenvalue weighted by Crippen LogP contribution is 2.18. The summed E-state index contributed by atoms with van der Waals surface area (Å²) in [6, 6.07) is 0.685. The molecule has 0 saturated carbocycles. The predicted octanol–water partition coefficient (Wildman–Crippen LogP) is -0.0751. The number of piperazine rings is 1. The zero-order valence-electron chi connectivity index (χ0n) is 8.59. The molecule has 1 rings (SSSR count). The Bertz CT molecular complexity index is 304. The molecule has 1 fully saturated rings. The number of hydrogen-bond acceptors (Lipinski definition) is 4. The summed E-state index contributed by atoms with van der Waals surface area (Å²) in [5.74, 6) is -0.797. The fourth-order valence-electron chi connectivity index (χ4n) is 1.51. The van der Waals surface area contributed by atoms with Crippen molar-refractivity contribution in [1.29, 1.82) is 5.26 Å². The summed E-state index contributed by atoms with van der Waals surface area (Å²) >= 11 is 0. The number of alkyl halides is 1. The molecule has 4 nitrogen and oxygen atoms in total. The van der Waals surface area contributed by atoms with Crippen LogP contribution in [0.5, 0.6) is 0 Å². The molecule has 2 N–H and O–H groups in total. The van der Waals surface area contributed by atoms with Crippen LogP contribution in [0.2, 0.25) is 0 Å². The number of nitriles is 1. The van der Waals surface area contributed by atoms with Crippen molar-refractivity contribution in [2.45, 2.75) is 18.6 Å². The predicted molar refractivity (Wildman–Crippen MR) is 53.9 cm³/mol. The first-order chi connectivity index (χ1) is 7.15. The van der Waals surface area contributed by atoms with E-state index in [1.54, 1.807) is 6.92 Å². The maximum atomic E-state index is 14.1. The fourth-order valence-corrected chi connectivity index (χ4v) is 1.51. The van der Waals surface area contributed by atoms with Gasteiger partial charge in [0.05, 0.1) is 6.04 Å². The molecule has 0 aromatic carbocycles. The smallest absolute Gasteiger partial charge is 0.273 e. The molecule has 0 aromatic rings. The van der Waals surface area contributed by atoms with E-state index in [9.17, 15) is 9.18 Å². The fraction of sp³-hybridized carbons (Fsp3) is 0.600. The lowest BCUT2D eigenvalue weighted by Gasteiger charge is -2.30. The second-order valence-electron chi connectivity index (χ2n) is 3.40. The van der Waals surface area contributed by atoms with Gasteiger partial charge in [0.25, 0.3) is 5.67 Å². The van der Waals surface area contributed by atoms with Crippen molar-refractivity contribution in [2.24, 2.45) is 0 Å². The molecule has 2 unspecified atom stereocenters. The quantitative estimate of drug-likeness (QED) is 0.641. The minimum absolute atomic E-state index is 0.285. The molecule has 0 aromatic heterocycles. The van der Waals surface area contributed by atoms with Gasteiger partial charge in [0, 0.05) is 19.6 Å². The van der Waals surface area contributed by atoms with Gasteiger partial charge in [-0.25, -0.2) is 4.39 Å². The van der Waals surface area contributed by atoms with Gasteiger partial charge in [-0.1, -0.05) is 6.08 Å². The molecule has 0 aliphatic carbocycles. The van der Waals surface area contributed by atoms with Gasteiger partial charge in [-0.15, -0.1) is 0 Å². The molecule has 2 atom stereocenters. The Morgan fingerprint density at radius 3 is 2.87 bits per heavy atom. The number of ketones is 1. The van der Waals surface area contributed by atoms with Gasteiger partial charge >= 0.3 is 0 Å². The van der Waals surface area contributed by atoms with E-state index in [1.807, 2.05) is 0 Å². The standard InChI is InChI=1S/C10H14FN3O/c1-2-3-9(15)10(11,7-12)8-6-13-4-5-14-8/h2-3,8,13-14H,4-6H2,1H3/b3-2+. The molecule has 1 saturated heterocycles. The van der Waals surface area contributed by atoms with Crippen LogP contribution in [-0.2, 0) is 4.79 Å². The van der Waals surface area contributed by atoms with Crippen molar-refractivity contribution >= 4 is 5.78 Å². The highest BCUT2D eigenvalue weighted by Gasteiger charge is 2.45. The van der Waals surface area contributed by atoms with Crippen molar-refractivity contribution in [3.05, 3.63) is 12.2 Å². The van der Waals surface area contributed by atoms with E-state index >= 15 is 0 Å². The Morgan fingerprint density at radius 1 is 1.67 bits per heavy atom. The Kier molecular flexibility index (Phi) is 3.95. The number of nitrogens with zero attached hydrogens (tertiary/aromatic N) is 1. The van der Waals surface area contributed by atoms with Crippen LogP contribution in [0.1, 0.15) is 6.92 Å². The summed E-state index contributed by atoms with van der Waals surface area (Å²) in [6.45, 7) is 3.17. The molecule has 0 bridgehead atoms. The van der Waals surface area contributed by atoms with Crippen LogP contribution < -0.4 is 10.6 Å². The largest absolute Gasteiger partial charge is 0.314 e. The zero-order chi connectivity index (χ0) is 11.3. The van der Waals surface area contributed by atoms with E-state index in [1.165, 1.54) is 12.1 Å². The number of allylic oxidation sites excluding steroid dienone is 2. The third-order valence-corrected chi connectivity index (χ3v) is 2.36.